The smallest absolute Gasteiger partial charge is 0.241 e. The van der Waals surface area contributed by atoms with Crippen LogP contribution >= 0.6 is 11.6 Å². The van der Waals surface area contributed by atoms with Gasteiger partial charge in [0.15, 0.2) is 5.76 Å². The Morgan fingerprint density at radius 1 is 1.22 bits per heavy atom. The van der Waals surface area contributed by atoms with Gasteiger partial charge in [0, 0.05) is 11.6 Å². The maximum atomic E-state index is 5.83. The Hall–Kier alpha value is -2.31. The lowest BCUT2D eigenvalue weighted by Gasteiger charge is -2.14. The fraction of sp³-hybridized carbons (Fsp3) is 0.250. The fourth-order valence-electron chi connectivity index (χ4n) is 1.99. The lowest BCUT2D eigenvalue weighted by Crippen LogP contribution is -2.24. The largest absolute Gasteiger partial charge is 0.492 e. The van der Waals surface area contributed by atoms with E-state index in [1.165, 1.54) is 0 Å². The van der Waals surface area contributed by atoms with Crippen LogP contribution in [0.5, 0.6) is 5.75 Å². The minimum absolute atomic E-state index is 0.454. The molecule has 6 nitrogen and oxygen atoms in total. The molecule has 7 heteroatoms. The predicted octanol–water partition coefficient (Wildman–Crippen LogP) is 3.49. The molecule has 120 valence electrons. The summed E-state index contributed by atoms with van der Waals surface area (Å²) in [4.78, 5) is 6.34. The van der Waals surface area contributed by atoms with E-state index in [1.807, 2.05) is 24.1 Å². The minimum atomic E-state index is 0.454. The van der Waals surface area contributed by atoms with E-state index in [4.69, 9.17) is 25.3 Å². The number of aromatic nitrogens is 2. The SMILES string of the molecule is CN(CCOc1ccc(Cl)cc1)Cc1nc(-c2ccco2)no1. The van der Waals surface area contributed by atoms with E-state index in [0.717, 1.165) is 12.3 Å². The van der Waals surface area contributed by atoms with Gasteiger partial charge in [0.25, 0.3) is 0 Å². The van der Waals surface area contributed by atoms with Crippen LogP contribution < -0.4 is 4.74 Å². The van der Waals surface area contributed by atoms with Crippen molar-refractivity contribution in [3.05, 3.63) is 53.6 Å². The van der Waals surface area contributed by atoms with Gasteiger partial charge >= 0.3 is 0 Å². The van der Waals surface area contributed by atoms with Crippen LogP contribution in [0.2, 0.25) is 5.02 Å². The molecule has 0 unspecified atom stereocenters. The molecule has 0 saturated carbocycles. The summed E-state index contributed by atoms with van der Waals surface area (Å²) in [5, 5.41) is 4.59. The maximum absolute atomic E-state index is 5.83. The fourth-order valence-corrected chi connectivity index (χ4v) is 2.11. The molecule has 0 N–H and O–H groups in total. The van der Waals surface area contributed by atoms with Crippen molar-refractivity contribution in [2.75, 3.05) is 20.2 Å². The Morgan fingerprint density at radius 2 is 2.04 bits per heavy atom. The van der Waals surface area contributed by atoms with E-state index in [0.29, 0.717) is 35.6 Å². The van der Waals surface area contributed by atoms with E-state index in [9.17, 15) is 0 Å². The number of rotatable bonds is 7. The highest BCUT2D eigenvalue weighted by molar-refractivity contribution is 6.30. The summed E-state index contributed by atoms with van der Waals surface area (Å²) in [5.41, 5.74) is 0. The summed E-state index contributed by atoms with van der Waals surface area (Å²) in [6.07, 6.45) is 1.57. The summed E-state index contributed by atoms with van der Waals surface area (Å²) in [6, 6.07) is 10.9. The third-order valence-corrected chi connectivity index (χ3v) is 3.42. The summed E-state index contributed by atoms with van der Waals surface area (Å²) in [7, 11) is 1.96. The van der Waals surface area contributed by atoms with Gasteiger partial charge in [0.1, 0.15) is 12.4 Å². The quantitative estimate of drug-likeness (QED) is 0.659. The summed E-state index contributed by atoms with van der Waals surface area (Å²) >= 11 is 5.83. The van der Waals surface area contributed by atoms with E-state index in [1.54, 1.807) is 30.5 Å². The van der Waals surface area contributed by atoms with Crippen LogP contribution in [0.3, 0.4) is 0 Å². The lowest BCUT2D eigenvalue weighted by atomic mass is 10.3. The molecule has 3 rings (SSSR count). The molecule has 2 aromatic heterocycles. The number of furan rings is 1. The number of ether oxygens (including phenoxy) is 1. The van der Waals surface area contributed by atoms with Crippen LogP contribution in [0.15, 0.2) is 51.6 Å². The molecule has 0 aliphatic carbocycles. The van der Waals surface area contributed by atoms with Crippen LogP contribution in [0.25, 0.3) is 11.6 Å². The van der Waals surface area contributed by atoms with Crippen LogP contribution in [0.4, 0.5) is 0 Å². The van der Waals surface area contributed by atoms with Crippen molar-refractivity contribution < 1.29 is 13.7 Å². The summed E-state index contributed by atoms with van der Waals surface area (Å²) in [6.45, 7) is 1.82. The van der Waals surface area contributed by atoms with Gasteiger partial charge in [0.2, 0.25) is 11.7 Å². The number of hydrogen-bond acceptors (Lipinski definition) is 6. The highest BCUT2D eigenvalue weighted by atomic mass is 35.5. The Labute approximate surface area is 138 Å². The predicted molar refractivity (Wildman–Crippen MR) is 85.3 cm³/mol. The third kappa shape index (κ3) is 4.34. The minimum Gasteiger partial charge on any atom is -0.492 e. The zero-order chi connectivity index (χ0) is 16.1. The first-order valence-electron chi connectivity index (χ1n) is 7.14. The van der Waals surface area contributed by atoms with Crippen LogP contribution in [-0.2, 0) is 6.54 Å². The van der Waals surface area contributed by atoms with Gasteiger partial charge in [-0.1, -0.05) is 16.8 Å². The molecular weight excluding hydrogens is 318 g/mol. The molecule has 0 amide bonds. The van der Waals surface area contributed by atoms with E-state index < -0.39 is 0 Å². The van der Waals surface area contributed by atoms with Gasteiger partial charge in [-0.2, -0.15) is 4.98 Å². The highest BCUT2D eigenvalue weighted by Gasteiger charge is 2.12. The number of halogens is 1. The van der Waals surface area contributed by atoms with Crippen LogP contribution in [0, 0.1) is 0 Å². The molecule has 0 spiro atoms. The number of hydrogen-bond donors (Lipinski definition) is 0. The average Bonchev–Trinajstić information content (AvgIpc) is 3.20. The van der Waals surface area contributed by atoms with Gasteiger partial charge in [-0.15, -0.1) is 0 Å². The van der Waals surface area contributed by atoms with Crippen molar-refractivity contribution in [3.63, 3.8) is 0 Å². The van der Waals surface area contributed by atoms with Crippen LogP contribution in [0.1, 0.15) is 5.89 Å². The molecule has 3 aromatic rings. The van der Waals surface area contributed by atoms with E-state index in [2.05, 4.69) is 10.1 Å². The zero-order valence-electron chi connectivity index (χ0n) is 12.6. The molecule has 1 aromatic carbocycles. The molecule has 0 bridgehead atoms. The van der Waals surface area contributed by atoms with E-state index in [-0.39, 0.29) is 0 Å². The topological polar surface area (TPSA) is 64.5 Å². The van der Waals surface area contributed by atoms with Gasteiger partial charge in [0.05, 0.1) is 12.8 Å². The first kappa shape index (κ1) is 15.6. The lowest BCUT2D eigenvalue weighted by molar-refractivity contribution is 0.213. The van der Waals surface area contributed by atoms with Crippen molar-refractivity contribution in [1.82, 2.24) is 15.0 Å². The van der Waals surface area contributed by atoms with Gasteiger partial charge in [-0.3, -0.25) is 4.90 Å². The monoisotopic (exact) mass is 333 g/mol. The molecule has 0 aliphatic heterocycles. The Kier molecular flexibility index (Phi) is 4.95. The average molecular weight is 334 g/mol. The number of benzene rings is 1. The molecule has 0 atom stereocenters. The van der Waals surface area contributed by atoms with Crippen molar-refractivity contribution in [1.29, 1.82) is 0 Å². The Morgan fingerprint density at radius 3 is 2.78 bits per heavy atom. The van der Waals surface area contributed by atoms with Crippen molar-refractivity contribution in [3.8, 4) is 17.3 Å². The normalized spacial score (nSPS) is 11.1. The molecule has 0 aliphatic rings. The Balaban J connectivity index is 1.46. The maximum Gasteiger partial charge on any atom is 0.241 e. The molecule has 23 heavy (non-hydrogen) atoms. The highest BCUT2D eigenvalue weighted by Crippen LogP contribution is 2.17. The van der Waals surface area contributed by atoms with Gasteiger partial charge in [-0.05, 0) is 43.4 Å². The first-order chi connectivity index (χ1) is 11.2. The molecular formula is C16H16ClN3O3. The van der Waals surface area contributed by atoms with Crippen molar-refractivity contribution in [2.45, 2.75) is 6.54 Å². The number of nitrogens with zero attached hydrogens (tertiary/aromatic N) is 3. The van der Waals surface area contributed by atoms with Crippen molar-refractivity contribution in [2.24, 2.45) is 0 Å². The Bertz CT molecular complexity index is 725. The summed E-state index contributed by atoms with van der Waals surface area (Å²) in [5.74, 6) is 2.37. The second-order valence-electron chi connectivity index (χ2n) is 5.03. The van der Waals surface area contributed by atoms with Gasteiger partial charge < -0.3 is 13.7 Å². The zero-order valence-corrected chi connectivity index (χ0v) is 13.4. The van der Waals surface area contributed by atoms with Crippen LogP contribution in [-0.4, -0.2) is 35.2 Å². The van der Waals surface area contributed by atoms with Crippen molar-refractivity contribution >= 4 is 11.6 Å². The summed E-state index contributed by atoms with van der Waals surface area (Å²) < 4.78 is 16.1. The molecule has 2 heterocycles. The molecule has 0 radical (unpaired) electrons. The standard InChI is InChI=1S/C16H16ClN3O3/c1-20(8-10-21-13-6-4-12(17)5-7-13)11-15-18-16(19-23-15)14-3-2-9-22-14/h2-7,9H,8,10-11H2,1H3. The number of likely N-dealkylation sites (N-methyl/N-ethyl adjacent to an activating group) is 1. The third-order valence-electron chi connectivity index (χ3n) is 3.17. The van der Waals surface area contributed by atoms with Gasteiger partial charge in [-0.25, -0.2) is 0 Å². The van der Waals surface area contributed by atoms with E-state index >= 15 is 0 Å². The second kappa shape index (κ2) is 7.30. The second-order valence-corrected chi connectivity index (χ2v) is 5.47. The first-order valence-corrected chi connectivity index (χ1v) is 7.52. The molecule has 0 saturated heterocycles. The molecule has 0 fully saturated rings.